The maximum absolute atomic E-state index is 13.5. The molecule has 1 aromatic carbocycles. The van der Waals surface area contributed by atoms with E-state index in [0.29, 0.717) is 0 Å². The Kier molecular flexibility index (Phi) is 5.29. The summed E-state index contributed by atoms with van der Waals surface area (Å²) >= 11 is 0. The van der Waals surface area contributed by atoms with Crippen LogP contribution in [0.25, 0.3) is 0 Å². The van der Waals surface area contributed by atoms with Gasteiger partial charge in [0.2, 0.25) is 5.91 Å². The first-order valence-corrected chi connectivity index (χ1v) is 5.85. The van der Waals surface area contributed by atoms with E-state index in [4.69, 9.17) is 9.84 Å². The number of rotatable bonds is 6. The van der Waals surface area contributed by atoms with Gasteiger partial charge in [0.05, 0.1) is 18.6 Å². The molecule has 1 rings (SSSR count). The van der Waals surface area contributed by atoms with Gasteiger partial charge in [-0.25, -0.2) is 9.18 Å². The van der Waals surface area contributed by atoms with Crippen molar-refractivity contribution in [2.45, 2.75) is 26.3 Å². The minimum atomic E-state index is -1.21. The standard InChI is InChI=1S/C13H16FNO4/c1-8(2)15-12(16)5-6-19-11-4-3-9(13(17)18)7-10(11)14/h3-4,7-8H,5-6H2,1-2H3,(H,15,16)(H,17,18). The normalized spacial score (nSPS) is 10.3. The molecule has 0 bridgehead atoms. The van der Waals surface area contributed by atoms with Gasteiger partial charge in [-0.05, 0) is 32.0 Å². The molecule has 6 heteroatoms. The van der Waals surface area contributed by atoms with Crippen molar-refractivity contribution in [2.24, 2.45) is 0 Å². The second-order valence-corrected chi connectivity index (χ2v) is 4.27. The number of nitrogens with one attached hydrogen (secondary N) is 1. The Morgan fingerprint density at radius 1 is 1.42 bits per heavy atom. The van der Waals surface area contributed by atoms with E-state index in [1.165, 1.54) is 12.1 Å². The molecule has 104 valence electrons. The Hall–Kier alpha value is -2.11. The van der Waals surface area contributed by atoms with Gasteiger partial charge < -0.3 is 15.2 Å². The highest BCUT2D eigenvalue weighted by Gasteiger charge is 2.10. The highest BCUT2D eigenvalue weighted by atomic mass is 19.1. The van der Waals surface area contributed by atoms with E-state index < -0.39 is 11.8 Å². The van der Waals surface area contributed by atoms with Crippen molar-refractivity contribution in [3.63, 3.8) is 0 Å². The van der Waals surface area contributed by atoms with Crippen molar-refractivity contribution in [2.75, 3.05) is 6.61 Å². The number of carboxylic acids is 1. The third-order valence-electron chi connectivity index (χ3n) is 2.22. The van der Waals surface area contributed by atoms with Crippen molar-refractivity contribution < 1.29 is 23.8 Å². The van der Waals surface area contributed by atoms with Crippen LogP contribution in [-0.4, -0.2) is 29.6 Å². The fraction of sp³-hybridized carbons (Fsp3) is 0.385. The van der Waals surface area contributed by atoms with E-state index >= 15 is 0 Å². The molecule has 1 amide bonds. The molecule has 1 aromatic rings. The average molecular weight is 269 g/mol. The van der Waals surface area contributed by atoms with Gasteiger partial charge in [-0.3, -0.25) is 4.79 Å². The van der Waals surface area contributed by atoms with Gasteiger partial charge in [0.15, 0.2) is 11.6 Å². The largest absolute Gasteiger partial charge is 0.490 e. The Balaban J connectivity index is 2.50. The number of carbonyl (C=O) groups excluding carboxylic acids is 1. The number of aromatic carboxylic acids is 1. The van der Waals surface area contributed by atoms with Gasteiger partial charge in [-0.1, -0.05) is 0 Å². The van der Waals surface area contributed by atoms with E-state index in [1.54, 1.807) is 0 Å². The van der Waals surface area contributed by atoms with E-state index in [0.717, 1.165) is 6.07 Å². The predicted octanol–water partition coefficient (Wildman–Crippen LogP) is 1.82. The Labute approximate surface area is 110 Å². The van der Waals surface area contributed by atoms with Crippen LogP contribution in [-0.2, 0) is 4.79 Å². The predicted molar refractivity (Wildman–Crippen MR) is 66.8 cm³/mol. The molecule has 0 unspecified atom stereocenters. The van der Waals surface area contributed by atoms with E-state index in [2.05, 4.69) is 5.32 Å². The van der Waals surface area contributed by atoms with Crippen LogP contribution in [0.3, 0.4) is 0 Å². The molecule has 0 radical (unpaired) electrons. The third kappa shape index (κ3) is 4.95. The van der Waals surface area contributed by atoms with E-state index in [-0.39, 0.29) is 36.3 Å². The third-order valence-corrected chi connectivity index (χ3v) is 2.22. The molecule has 0 saturated heterocycles. The number of carboxylic acid groups (broad SMARTS) is 1. The summed E-state index contributed by atoms with van der Waals surface area (Å²) in [6.07, 6.45) is 0.109. The Bertz CT molecular complexity index is 474. The summed E-state index contributed by atoms with van der Waals surface area (Å²) in [5, 5.41) is 11.3. The van der Waals surface area contributed by atoms with Crippen LogP contribution in [0.5, 0.6) is 5.75 Å². The van der Waals surface area contributed by atoms with Crippen LogP contribution in [0.15, 0.2) is 18.2 Å². The molecule has 0 fully saturated rings. The maximum Gasteiger partial charge on any atom is 0.335 e. The molecule has 0 aromatic heterocycles. The first-order chi connectivity index (χ1) is 8.90. The zero-order chi connectivity index (χ0) is 14.4. The smallest absolute Gasteiger partial charge is 0.335 e. The lowest BCUT2D eigenvalue weighted by Crippen LogP contribution is -2.31. The Morgan fingerprint density at radius 3 is 2.63 bits per heavy atom. The minimum absolute atomic E-state index is 0.0297. The summed E-state index contributed by atoms with van der Waals surface area (Å²) in [6, 6.07) is 3.40. The average Bonchev–Trinajstić information content (AvgIpc) is 2.29. The van der Waals surface area contributed by atoms with Gasteiger partial charge in [0.1, 0.15) is 0 Å². The fourth-order valence-corrected chi connectivity index (χ4v) is 1.40. The molecular weight excluding hydrogens is 253 g/mol. The van der Waals surface area contributed by atoms with Gasteiger partial charge in [-0.15, -0.1) is 0 Å². The lowest BCUT2D eigenvalue weighted by molar-refractivity contribution is -0.122. The number of ether oxygens (including phenoxy) is 1. The van der Waals surface area contributed by atoms with Crippen molar-refractivity contribution in [1.29, 1.82) is 0 Å². The molecule has 0 atom stereocenters. The minimum Gasteiger partial charge on any atom is -0.490 e. The van der Waals surface area contributed by atoms with Crippen LogP contribution in [0.1, 0.15) is 30.6 Å². The highest BCUT2D eigenvalue weighted by Crippen LogP contribution is 2.18. The number of carbonyl (C=O) groups is 2. The molecule has 0 aliphatic heterocycles. The lowest BCUT2D eigenvalue weighted by Gasteiger charge is -2.10. The van der Waals surface area contributed by atoms with Crippen LogP contribution in [0.4, 0.5) is 4.39 Å². The Morgan fingerprint density at radius 2 is 2.11 bits per heavy atom. The second kappa shape index (κ2) is 6.72. The number of amides is 1. The van der Waals surface area contributed by atoms with Gasteiger partial charge in [-0.2, -0.15) is 0 Å². The summed E-state index contributed by atoms with van der Waals surface area (Å²) in [5.74, 6) is -2.22. The SMILES string of the molecule is CC(C)NC(=O)CCOc1ccc(C(=O)O)cc1F. The molecule has 0 aliphatic rings. The summed E-state index contributed by atoms with van der Waals surface area (Å²) < 4.78 is 18.6. The summed E-state index contributed by atoms with van der Waals surface area (Å²) in [4.78, 5) is 21.9. The van der Waals surface area contributed by atoms with Crippen LogP contribution >= 0.6 is 0 Å². The molecule has 0 aliphatic carbocycles. The van der Waals surface area contributed by atoms with Crippen LogP contribution in [0, 0.1) is 5.82 Å². The van der Waals surface area contributed by atoms with E-state index in [9.17, 15) is 14.0 Å². The van der Waals surface area contributed by atoms with Crippen LogP contribution in [0.2, 0.25) is 0 Å². The first kappa shape index (κ1) is 14.9. The molecular formula is C13H16FNO4. The van der Waals surface area contributed by atoms with Crippen molar-refractivity contribution in [1.82, 2.24) is 5.32 Å². The molecule has 0 spiro atoms. The van der Waals surface area contributed by atoms with Gasteiger partial charge in [0, 0.05) is 6.04 Å². The number of halogens is 1. The summed E-state index contributed by atoms with van der Waals surface area (Å²) in [6.45, 7) is 3.70. The molecule has 5 nitrogen and oxygen atoms in total. The maximum atomic E-state index is 13.5. The van der Waals surface area contributed by atoms with Crippen molar-refractivity contribution >= 4 is 11.9 Å². The fourth-order valence-electron chi connectivity index (χ4n) is 1.40. The number of benzene rings is 1. The summed E-state index contributed by atoms with van der Waals surface area (Å²) in [7, 11) is 0. The first-order valence-electron chi connectivity index (χ1n) is 5.85. The van der Waals surface area contributed by atoms with E-state index in [1.807, 2.05) is 13.8 Å². The van der Waals surface area contributed by atoms with Crippen LogP contribution < -0.4 is 10.1 Å². The number of hydrogen-bond donors (Lipinski definition) is 2. The zero-order valence-corrected chi connectivity index (χ0v) is 10.8. The highest BCUT2D eigenvalue weighted by molar-refractivity contribution is 5.87. The van der Waals surface area contributed by atoms with Gasteiger partial charge >= 0.3 is 5.97 Å². The molecule has 0 saturated carbocycles. The monoisotopic (exact) mass is 269 g/mol. The molecule has 19 heavy (non-hydrogen) atoms. The van der Waals surface area contributed by atoms with Crippen molar-refractivity contribution in [3.05, 3.63) is 29.6 Å². The van der Waals surface area contributed by atoms with Crippen molar-refractivity contribution in [3.8, 4) is 5.75 Å². The quantitative estimate of drug-likeness (QED) is 0.826. The number of hydrogen-bond acceptors (Lipinski definition) is 3. The molecule has 0 heterocycles. The second-order valence-electron chi connectivity index (χ2n) is 4.27. The molecule has 2 N–H and O–H groups in total. The van der Waals surface area contributed by atoms with Gasteiger partial charge in [0.25, 0.3) is 0 Å². The topological polar surface area (TPSA) is 75.6 Å². The lowest BCUT2D eigenvalue weighted by atomic mass is 10.2. The summed E-state index contributed by atoms with van der Waals surface area (Å²) in [5.41, 5.74) is -0.151. The zero-order valence-electron chi connectivity index (χ0n) is 10.8.